The summed E-state index contributed by atoms with van der Waals surface area (Å²) < 4.78 is 0. The molecule has 0 radical (unpaired) electrons. The summed E-state index contributed by atoms with van der Waals surface area (Å²) in [7, 11) is 0. The van der Waals surface area contributed by atoms with E-state index in [4.69, 9.17) is 5.11 Å². The van der Waals surface area contributed by atoms with E-state index in [2.05, 4.69) is 18.7 Å². The van der Waals surface area contributed by atoms with E-state index in [0.717, 1.165) is 24.3 Å². The normalized spacial score (nSPS) is 10.3. The molecule has 0 atom stereocenters. The van der Waals surface area contributed by atoms with Crippen LogP contribution in [-0.4, -0.2) is 29.9 Å². The van der Waals surface area contributed by atoms with Crippen molar-refractivity contribution in [2.45, 2.75) is 20.3 Å². The Bertz CT molecular complexity index is 308. The van der Waals surface area contributed by atoms with E-state index in [1.807, 2.05) is 12.1 Å². The van der Waals surface area contributed by atoms with Crippen LogP contribution in [0.1, 0.15) is 19.4 Å². The quantitative estimate of drug-likeness (QED) is 0.776. The van der Waals surface area contributed by atoms with Crippen molar-refractivity contribution >= 4 is 5.69 Å². The first-order valence-electron chi connectivity index (χ1n) is 5.40. The average Bonchev–Trinajstić information content (AvgIpc) is 2.24. The van der Waals surface area contributed by atoms with E-state index < -0.39 is 0 Å². The highest BCUT2D eigenvalue weighted by Gasteiger charge is 2.05. The molecule has 0 heterocycles. The van der Waals surface area contributed by atoms with Gasteiger partial charge in [-0.05, 0) is 31.9 Å². The number of benzene rings is 1. The maximum absolute atomic E-state index is 9.72. The van der Waals surface area contributed by atoms with Gasteiger partial charge in [0.15, 0.2) is 0 Å². The predicted octanol–water partition coefficient (Wildman–Crippen LogP) is 1.77. The molecule has 0 saturated heterocycles. The molecule has 0 saturated carbocycles. The van der Waals surface area contributed by atoms with Crippen LogP contribution in [0, 0.1) is 0 Å². The molecule has 84 valence electrons. The van der Waals surface area contributed by atoms with Gasteiger partial charge in [0.2, 0.25) is 0 Å². The zero-order valence-corrected chi connectivity index (χ0v) is 9.40. The van der Waals surface area contributed by atoms with Crippen LogP contribution in [0.15, 0.2) is 18.2 Å². The first-order chi connectivity index (χ1) is 7.22. The Morgan fingerprint density at radius 3 is 2.33 bits per heavy atom. The molecule has 15 heavy (non-hydrogen) atoms. The molecule has 0 aliphatic heterocycles. The van der Waals surface area contributed by atoms with Crippen LogP contribution in [-0.2, 0) is 6.42 Å². The summed E-state index contributed by atoms with van der Waals surface area (Å²) in [5.74, 6) is 0.272. The standard InChI is InChI=1S/C12H19NO2/c1-3-13(4-2)11-6-5-10(7-8-14)12(15)9-11/h5-6,9,14-15H,3-4,7-8H2,1-2H3. The number of hydrogen-bond acceptors (Lipinski definition) is 3. The first kappa shape index (κ1) is 11.9. The van der Waals surface area contributed by atoms with E-state index in [9.17, 15) is 5.11 Å². The average molecular weight is 209 g/mol. The van der Waals surface area contributed by atoms with Gasteiger partial charge in [0.05, 0.1) is 0 Å². The molecular weight excluding hydrogens is 190 g/mol. The summed E-state index contributed by atoms with van der Waals surface area (Å²) in [6.45, 7) is 6.09. The second kappa shape index (κ2) is 5.61. The van der Waals surface area contributed by atoms with Crippen LogP contribution in [0.4, 0.5) is 5.69 Å². The van der Waals surface area contributed by atoms with E-state index in [0.29, 0.717) is 6.42 Å². The summed E-state index contributed by atoms with van der Waals surface area (Å²) in [6.07, 6.45) is 0.504. The third-order valence-corrected chi connectivity index (χ3v) is 2.58. The van der Waals surface area contributed by atoms with E-state index in [1.165, 1.54) is 0 Å². The molecule has 0 amide bonds. The number of phenolic OH excluding ortho intramolecular Hbond substituents is 1. The number of aliphatic hydroxyl groups is 1. The first-order valence-corrected chi connectivity index (χ1v) is 5.40. The predicted molar refractivity (Wildman–Crippen MR) is 62.5 cm³/mol. The maximum Gasteiger partial charge on any atom is 0.120 e. The van der Waals surface area contributed by atoms with E-state index >= 15 is 0 Å². The number of hydrogen-bond donors (Lipinski definition) is 2. The zero-order chi connectivity index (χ0) is 11.3. The van der Waals surface area contributed by atoms with Crippen molar-refractivity contribution in [3.63, 3.8) is 0 Å². The molecule has 2 N–H and O–H groups in total. The van der Waals surface area contributed by atoms with Gasteiger partial charge < -0.3 is 15.1 Å². The minimum absolute atomic E-state index is 0.0676. The minimum Gasteiger partial charge on any atom is -0.508 e. The largest absolute Gasteiger partial charge is 0.508 e. The van der Waals surface area contributed by atoms with Crippen LogP contribution in [0.5, 0.6) is 5.75 Å². The maximum atomic E-state index is 9.72. The van der Waals surface area contributed by atoms with Crippen molar-refractivity contribution < 1.29 is 10.2 Å². The SMILES string of the molecule is CCN(CC)c1ccc(CCO)c(O)c1. The highest BCUT2D eigenvalue weighted by atomic mass is 16.3. The molecule has 3 heteroatoms. The van der Waals surface area contributed by atoms with Crippen LogP contribution in [0.25, 0.3) is 0 Å². The summed E-state index contributed by atoms with van der Waals surface area (Å²) in [5.41, 5.74) is 1.83. The Morgan fingerprint density at radius 1 is 1.20 bits per heavy atom. The number of aromatic hydroxyl groups is 1. The molecule has 1 aromatic carbocycles. The van der Waals surface area contributed by atoms with Gasteiger partial charge in [0.1, 0.15) is 5.75 Å². The monoisotopic (exact) mass is 209 g/mol. The Balaban J connectivity index is 2.89. The van der Waals surface area contributed by atoms with Crippen LogP contribution in [0.2, 0.25) is 0 Å². The molecule has 0 aliphatic rings. The van der Waals surface area contributed by atoms with Crippen molar-refractivity contribution in [3.05, 3.63) is 23.8 Å². The molecule has 0 fully saturated rings. The third-order valence-electron chi connectivity index (χ3n) is 2.58. The lowest BCUT2D eigenvalue weighted by Gasteiger charge is -2.21. The molecule has 1 aromatic rings. The van der Waals surface area contributed by atoms with Gasteiger partial charge >= 0.3 is 0 Å². The van der Waals surface area contributed by atoms with Gasteiger partial charge in [0, 0.05) is 31.5 Å². The molecule has 0 aromatic heterocycles. The molecule has 0 spiro atoms. The molecule has 0 bridgehead atoms. The van der Waals surface area contributed by atoms with E-state index in [-0.39, 0.29) is 12.4 Å². The smallest absolute Gasteiger partial charge is 0.120 e. The molecule has 1 rings (SSSR count). The van der Waals surface area contributed by atoms with Crippen LogP contribution < -0.4 is 4.90 Å². The van der Waals surface area contributed by atoms with Gasteiger partial charge in [-0.2, -0.15) is 0 Å². The number of nitrogens with zero attached hydrogens (tertiary/aromatic N) is 1. The Morgan fingerprint density at radius 2 is 1.87 bits per heavy atom. The van der Waals surface area contributed by atoms with Gasteiger partial charge in [-0.15, -0.1) is 0 Å². The fourth-order valence-electron chi connectivity index (χ4n) is 1.67. The summed E-state index contributed by atoms with van der Waals surface area (Å²) in [5, 5.41) is 18.5. The Hall–Kier alpha value is -1.22. The fraction of sp³-hybridized carbons (Fsp3) is 0.500. The van der Waals surface area contributed by atoms with Gasteiger partial charge in [-0.25, -0.2) is 0 Å². The topological polar surface area (TPSA) is 43.7 Å². The minimum atomic E-state index is 0.0676. The lowest BCUT2D eigenvalue weighted by atomic mass is 10.1. The lowest BCUT2D eigenvalue weighted by molar-refractivity contribution is 0.297. The number of phenols is 1. The highest BCUT2D eigenvalue weighted by Crippen LogP contribution is 2.24. The Labute approximate surface area is 91.0 Å². The van der Waals surface area contributed by atoms with Crippen molar-refractivity contribution in [1.29, 1.82) is 0 Å². The fourth-order valence-corrected chi connectivity index (χ4v) is 1.67. The van der Waals surface area contributed by atoms with Crippen molar-refractivity contribution in [2.75, 3.05) is 24.6 Å². The number of aliphatic hydroxyl groups excluding tert-OH is 1. The molecule has 0 aliphatic carbocycles. The summed E-state index contributed by atoms with van der Waals surface area (Å²) >= 11 is 0. The second-order valence-electron chi connectivity index (χ2n) is 3.46. The molecular formula is C12H19NO2. The van der Waals surface area contributed by atoms with Crippen molar-refractivity contribution in [3.8, 4) is 5.75 Å². The highest BCUT2D eigenvalue weighted by molar-refractivity contribution is 5.53. The number of anilines is 1. The van der Waals surface area contributed by atoms with Gasteiger partial charge in [-0.1, -0.05) is 6.07 Å². The van der Waals surface area contributed by atoms with Gasteiger partial charge in [-0.3, -0.25) is 0 Å². The Kier molecular flexibility index (Phi) is 4.43. The summed E-state index contributed by atoms with van der Waals surface area (Å²) in [4.78, 5) is 2.17. The van der Waals surface area contributed by atoms with E-state index in [1.54, 1.807) is 6.07 Å². The molecule has 0 unspecified atom stereocenters. The third kappa shape index (κ3) is 2.86. The lowest BCUT2D eigenvalue weighted by Crippen LogP contribution is -2.21. The van der Waals surface area contributed by atoms with Crippen molar-refractivity contribution in [2.24, 2.45) is 0 Å². The molecule has 3 nitrogen and oxygen atoms in total. The van der Waals surface area contributed by atoms with Crippen molar-refractivity contribution in [1.82, 2.24) is 0 Å². The van der Waals surface area contributed by atoms with Crippen LogP contribution >= 0.6 is 0 Å². The number of rotatable bonds is 5. The van der Waals surface area contributed by atoms with Crippen LogP contribution in [0.3, 0.4) is 0 Å². The second-order valence-corrected chi connectivity index (χ2v) is 3.46. The summed E-state index contributed by atoms with van der Waals surface area (Å²) in [6, 6.07) is 5.62. The zero-order valence-electron chi connectivity index (χ0n) is 9.40. The van der Waals surface area contributed by atoms with Gasteiger partial charge in [0.25, 0.3) is 0 Å².